The number of thioether (sulfide) groups is 1. The first-order valence-electron chi connectivity index (χ1n) is 8.70. The summed E-state index contributed by atoms with van der Waals surface area (Å²) in [5, 5.41) is 0. The van der Waals surface area contributed by atoms with Gasteiger partial charge in [-0.3, -0.25) is 9.69 Å². The highest BCUT2D eigenvalue weighted by Crippen LogP contribution is 2.21. The molecular weight excluding hydrogens is 351 g/mol. The molecule has 4 nitrogen and oxygen atoms in total. The molecule has 1 amide bonds. The summed E-state index contributed by atoms with van der Waals surface area (Å²) >= 11 is 1.54. The number of rotatable bonds is 6. The van der Waals surface area contributed by atoms with Gasteiger partial charge in [-0.05, 0) is 36.4 Å². The number of methoxy groups -OCH3 is 1. The summed E-state index contributed by atoms with van der Waals surface area (Å²) < 4.78 is 18.7. The zero-order valence-electron chi connectivity index (χ0n) is 14.9. The minimum absolute atomic E-state index is 0.0630. The third kappa shape index (κ3) is 4.77. The molecule has 0 atom stereocenters. The van der Waals surface area contributed by atoms with Crippen LogP contribution < -0.4 is 4.74 Å². The van der Waals surface area contributed by atoms with Crippen molar-refractivity contribution in [3.05, 3.63) is 59.9 Å². The van der Waals surface area contributed by atoms with Crippen LogP contribution in [0.25, 0.3) is 0 Å². The predicted molar refractivity (Wildman–Crippen MR) is 102 cm³/mol. The van der Waals surface area contributed by atoms with E-state index in [-0.39, 0.29) is 11.7 Å². The molecule has 0 radical (unpaired) electrons. The number of hydrogen-bond acceptors (Lipinski definition) is 4. The average molecular weight is 374 g/mol. The second-order valence-electron chi connectivity index (χ2n) is 6.14. The molecule has 0 spiro atoms. The summed E-state index contributed by atoms with van der Waals surface area (Å²) in [6.45, 7) is 4.02. The van der Waals surface area contributed by atoms with E-state index in [4.69, 9.17) is 4.74 Å². The van der Waals surface area contributed by atoms with Crippen molar-refractivity contribution in [1.29, 1.82) is 0 Å². The Kier molecular flexibility index (Phi) is 6.52. The second kappa shape index (κ2) is 9.05. The lowest BCUT2D eigenvalue weighted by Gasteiger charge is -2.34. The summed E-state index contributed by atoms with van der Waals surface area (Å²) in [7, 11) is 1.61. The Bertz CT molecular complexity index is 731. The molecule has 0 N–H and O–H groups in total. The minimum atomic E-state index is -0.160. The molecule has 3 rings (SSSR count). The molecule has 1 aliphatic heterocycles. The molecule has 1 fully saturated rings. The first-order valence-corrected chi connectivity index (χ1v) is 9.69. The number of piperazine rings is 1. The van der Waals surface area contributed by atoms with Crippen LogP contribution in [0.3, 0.4) is 0 Å². The molecule has 0 aromatic heterocycles. The van der Waals surface area contributed by atoms with E-state index < -0.39 is 0 Å². The fourth-order valence-corrected chi connectivity index (χ4v) is 3.89. The maximum Gasteiger partial charge on any atom is 0.253 e. The van der Waals surface area contributed by atoms with Crippen molar-refractivity contribution < 1.29 is 13.9 Å². The largest absolute Gasteiger partial charge is 0.497 e. The van der Waals surface area contributed by atoms with Gasteiger partial charge in [0.25, 0.3) is 5.91 Å². The van der Waals surface area contributed by atoms with Gasteiger partial charge in [0.05, 0.1) is 7.11 Å². The molecule has 1 saturated heterocycles. The maximum absolute atomic E-state index is 13.6. The van der Waals surface area contributed by atoms with Crippen molar-refractivity contribution in [2.45, 2.75) is 4.90 Å². The van der Waals surface area contributed by atoms with E-state index in [0.717, 1.165) is 44.2 Å². The fraction of sp³-hybridized carbons (Fsp3) is 0.350. The number of hydrogen-bond donors (Lipinski definition) is 0. The lowest BCUT2D eigenvalue weighted by atomic mass is 10.1. The van der Waals surface area contributed by atoms with Crippen LogP contribution in [0.1, 0.15) is 10.4 Å². The monoisotopic (exact) mass is 374 g/mol. The van der Waals surface area contributed by atoms with Crippen molar-refractivity contribution in [1.82, 2.24) is 9.80 Å². The van der Waals surface area contributed by atoms with Crippen LogP contribution >= 0.6 is 11.8 Å². The van der Waals surface area contributed by atoms with Crippen LogP contribution in [0, 0.1) is 5.82 Å². The van der Waals surface area contributed by atoms with Gasteiger partial charge in [-0.25, -0.2) is 4.39 Å². The first-order chi connectivity index (χ1) is 12.7. The molecular formula is C20H23FN2O2S. The zero-order chi connectivity index (χ0) is 18.4. The Morgan fingerprint density at radius 3 is 2.42 bits per heavy atom. The van der Waals surface area contributed by atoms with Gasteiger partial charge in [0, 0.05) is 48.9 Å². The molecule has 6 heteroatoms. The van der Waals surface area contributed by atoms with Gasteiger partial charge in [0.1, 0.15) is 11.6 Å². The van der Waals surface area contributed by atoms with E-state index in [1.807, 2.05) is 29.2 Å². The Hall–Kier alpha value is -2.05. The summed E-state index contributed by atoms with van der Waals surface area (Å²) in [6, 6.07) is 14.1. The SMILES string of the molecule is COc1ccc(C(=O)N2CCN(CCSc3ccccc3F)CC2)cc1. The van der Waals surface area contributed by atoms with Gasteiger partial charge in [-0.1, -0.05) is 12.1 Å². The van der Waals surface area contributed by atoms with E-state index in [9.17, 15) is 9.18 Å². The van der Waals surface area contributed by atoms with Crippen LogP contribution in [-0.2, 0) is 0 Å². The molecule has 0 aliphatic carbocycles. The van der Waals surface area contributed by atoms with Crippen molar-refractivity contribution in [3.8, 4) is 5.75 Å². The summed E-state index contributed by atoms with van der Waals surface area (Å²) in [5.74, 6) is 1.49. The standard InChI is InChI=1S/C20H23FN2O2S/c1-25-17-8-6-16(7-9-17)20(24)23-12-10-22(11-13-23)14-15-26-19-5-3-2-4-18(19)21/h2-9H,10-15H2,1H3. The van der Waals surface area contributed by atoms with E-state index >= 15 is 0 Å². The third-order valence-electron chi connectivity index (χ3n) is 4.50. The Balaban J connectivity index is 1.43. The van der Waals surface area contributed by atoms with Crippen LogP contribution in [0.5, 0.6) is 5.75 Å². The Morgan fingerprint density at radius 1 is 1.08 bits per heavy atom. The van der Waals surface area contributed by atoms with Crippen LogP contribution in [0.15, 0.2) is 53.4 Å². The highest BCUT2D eigenvalue weighted by Gasteiger charge is 2.22. The van der Waals surface area contributed by atoms with Crippen LogP contribution in [0.2, 0.25) is 0 Å². The lowest BCUT2D eigenvalue weighted by molar-refractivity contribution is 0.0644. The van der Waals surface area contributed by atoms with E-state index in [0.29, 0.717) is 10.5 Å². The number of amides is 1. The maximum atomic E-state index is 13.6. The van der Waals surface area contributed by atoms with E-state index in [1.54, 1.807) is 25.3 Å². The fourth-order valence-electron chi connectivity index (χ4n) is 2.94. The lowest BCUT2D eigenvalue weighted by Crippen LogP contribution is -2.49. The van der Waals surface area contributed by atoms with Crippen molar-refractivity contribution in [2.24, 2.45) is 0 Å². The van der Waals surface area contributed by atoms with Gasteiger partial charge in [0.15, 0.2) is 0 Å². The predicted octanol–water partition coefficient (Wildman–Crippen LogP) is 3.38. The Labute approximate surface area is 157 Å². The highest BCUT2D eigenvalue weighted by molar-refractivity contribution is 7.99. The van der Waals surface area contributed by atoms with E-state index in [2.05, 4.69) is 4.90 Å². The first kappa shape index (κ1) is 18.7. The van der Waals surface area contributed by atoms with Crippen molar-refractivity contribution >= 4 is 17.7 Å². The summed E-state index contributed by atoms with van der Waals surface area (Å²) in [4.78, 5) is 17.5. The molecule has 0 saturated carbocycles. The van der Waals surface area contributed by atoms with Crippen molar-refractivity contribution in [3.63, 3.8) is 0 Å². The molecule has 1 heterocycles. The molecule has 1 aliphatic rings. The second-order valence-corrected chi connectivity index (χ2v) is 7.28. The van der Waals surface area contributed by atoms with Crippen LogP contribution in [0.4, 0.5) is 4.39 Å². The number of carbonyl (C=O) groups is 1. The normalized spacial score (nSPS) is 15.1. The van der Waals surface area contributed by atoms with E-state index in [1.165, 1.54) is 17.8 Å². The topological polar surface area (TPSA) is 32.8 Å². The number of benzene rings is 2. The molecule has 0 unspecified atom stereocenters. The smallest absolute Gasteiger partial charge is 0.253 e. The van der Waals surface area contributed by atoms with Gasteiger partial charge in [0.2, 0.25) is 0 Å². The number of ether oxygens (including phenoxy) is 1. The summed E-state index contributed by atoms with van der Waals surface area (Å²) in [5.41, 5.74) is 0.689. The number of halogens is 1. The molecule has 0 bridgehead atoms. The molecule has 2 aromatic rings. The average Bonchev–Trinajstić information content (AvgIpc) is 2.69. The van der Waals surface area contributed by atoms with Gasteiger partial charge >= 0.3 is 0 Å². The van der Waals surface area contributed by atoms with Crippen molar-refractivity contribution in [2.75, 3.05) is 45.6 Å². The quantitative estimate of drug-likeness (QED) is 0.726. The third-order valence-corrected chi connectivity index (χ3v) is 5.53. The summed E-state index contributed by atoms with van der Waals surface area (Å²) in [6.07, 6.45) is 0. The molecule has 138 valence electrons. The van der Waals surface area contributed by atoms with Gasteiger partial charge < -0.3 is 9.64 Å². The van der Waals surface area contributed by atoms with Gasteiger partial charge in [-0.15, -0.1) is 11.8 Å². The number of carbonyl (C=O) groups excluding carboxylic acids is 1. The Morgan fingerprint density at radius 2 is 1.77 bits per heavy atom. The zero-order valence-corrected chi connectivity index (χ0v) is 15.7. The highest BCUT2D eigenvalue weighted by atomic mass is 32.2. The van der Waals surface area contributed by atoms with Gasteiger partial charge in [-0.2, -0.15) is 0 Å². The minimum Gasteiger partial charge on any atom is -0.497 e. The van der Waals surface area contributed by atoms with Crippen LogP contribution in [-0.4, -0.2) is 61.3 Å². The molecule has 26 heavy (non-hydrogen) atoms. The molecule has 2 aromatic carbocycles. The number of nitrogens with zero attached hydrogens (tertiary/aromatic N) is 2.